The van der Waals surface area contributed by atoms with Gasteiger partial charge in [-0.2, -0.15) is 0 Å². The van der Waals surface area contributed by atoms with E-state index in [2.05, 4.69) is 19.7 Å². The van der Waals surface area contributed by atoms with Gasteiger partial charge in [-0.1, -0.05) is 17.7 Å². The Hall–Kier alpha value is -0.820. The SMILES string of the molecule is C=CCC(O)(CC=C)CCC(=C)C. The van der Waals surface area contributed by atoms with Crippen molar-refractivity contribution in [3.63, 3.8) is 0 Å². The van der Waals surface area contributed by atoms with Gasteiger partial charge in [0.05, 0.1) is 5.60 Å². The van der Waals surface area contributed by atoms with Gasteiger partial charge in [-0.3, -0.25) is 0 Å². The molecule has 0 aromatic carbocycles. The van der Waals surface area contributed by atoms with Crippen molar-refractivity contribution in [3.05, 3.63) is 37.5 Å². The number of hydrogen-bond acceptors (Lipinski definition) is 1. The second-order valence-electron chi connectivity index (χ2n) is 3.67. The first kappa shape index (κ1) is 12.2. The normalized spacial score (nSPS) is 10.9. The maximum absolute atomic E-state index is 10.1. The molecular weight excluding hydrogens is 160 g/mol. The number of rotatable bonds is 7. The third-order valence-corrected chi connectivity index (χ3v) is 2.07. The first-order valence-electron chi connectivity index (χ1n) is 4.62. The van der Waals surface area contributed by atoms with E-state index < -0.39 is 5.60 Å². The van der Waals surface area contributed by atoms with E-state index in [1.54, 1.807) is 12.2 Å². The van der Waals surface area contributed by atoms with Gasteiger partial charge in [-0.15, -0.1) is 19.7 Å². The Kier molecular flexibility index (Phi) is 5.40. The van der Waals surface area contributed by atoms with Crippen LogP contribution in [0.5, 0.6) is 0 Å². The van der Waals surface area contributed by atoms with Crippen LogP contribution in [0.2, 0.25) is 0 Å². The van der Waals surface area contributed by atoms with Crippen molar-refractivity contribution in [1.29, 1.82) is 0 Å². The minimum Gasteiger partial charge on any atom is -0.389 e. The molecule has 0 rings (SSSR count). The molecule has 0 aromatic rings. The zero-order chi connectivity index (χ0) is 10.3. The highest BCUT2D eigenvalue weighted by Crippen LogP contribution is 2.24. The van der Waals surface area contributed by atoms with E-state index in [-0.39, 0.29) is 0 Å². The van der Waals surface area contributed by atoms with Gasteiger partial charge in [0.15, 0.2) is 0 Å². The lowest BCUT2D eigenvalue weighted by atomic mass is 9.89. The van der Waals surface area contributed by atoms with Gasteiger partial charge in [0, 0.05) is 0 Å². The molecule has 1 heteroatoms. The summed E-state index contributed by atoms with van der Waals surface area (Å²) in [6.07, 6.45) is 6.33. The Morgan fingerprint density at radius 2 is 1.77 bits per heavy atom. The molecular formula is C12H20O. The fourth-order valence-electron chi connectivity index (χ4n) is 1.27. The van der Waals surface area contributed by atoms with Gasteiger partial charge in [-0.25, -0.2) is 0 Å². The largest absolute Gasteiger partial charge is 0.389 e. The van der Waals surface area contributed by atoms with E-state index in [1.807, 2.05) is 6.92 Å². The van der Waals surface area contributed by atoms with Crippen molar-refractivity contribution in [2.24, 2.45) is 0 Å². The molecule has 74 valence electrons. The van der Waals surface area contributed by atoms with E-state index in [9.17, 15) is 5.11 Å². The van der Waals surface area contributed by atoms with Crippen LogP contribution in [0.3, 0.4) is 0 Å². The average Bonchev–Trinajstić information content (AvgIpc) is 2.02. The molecule has 0 aromatic heterocycles. The second kappa shape index (κ2) is 5.76. The predicted molar refractivity (Wildman–Crippen MR) is 58.6 cm³/mol. The van der Waals surface area contributed by atoms with Crippen LogP contribution >= 0.6 is 0 Å². The monoisotopic (exact) mass is 180 g/mol. The Morgan fingerprint density at radius 3 is 2.08 bits per heavy atom. The molecule has 0 radical (unpaired) electrons. The summed E-state index contributed by atoms with van der Waals surface area (Å²) in [5.74, 6) is 0. The number of allylic oxidation sites excluding steroid dienone is 1. The van der Waals surface area contributed by atoms with Crippen LogP contribution in [0.15, 0.2) is 37.5 Å². The van der Waals surface area contributed by atoms with Gasteiger partial charge < -0.3 is 5.11 Å². The molecule has 1 N–H and O–H groups in total. The van der Waals surface area contributed by atoms with Crippen molar-refractivity contribution >= 4 is 0 Å². The number of hydrogen-bond donors (Lipinski definition) is 1. The lowest BCUT2D eigenvalue weighted by Crippen LogP contribution is -2.26. The van der Waals surface area contributed by atoms with Crippen LogP contribution in [-0.4, -0.2) is 10.7 Å². The molecule has 0 aliphatic heterocycles. The fraction of sp³-hybridized carbons (Fsp3) is 0.500. The summed E-state index contributed by atoms with van der Waals surface area (Å²) in [4.78, 5) is 0. The highest BCUT2D eigenvalue weighted by atomic mass is 16.3. The van der Waals surface area contributed by atoms with Crippen LogP contribution in [0.25, 0.3) is 0 Å². The van der Waals surface area contributed by atoms with Gasteiger partial charge in [0.25, 0.3) is 0 Å². The molecule has 0 atom stereocenters. The highest BCUT2D eigenvalue weighted by molar-refractivity contribution is 4.96. The molecule has 0 saturated carbocycles. The van der Waals surface area contributed by atoms with Crippen molar-refractivity contribution in [1.82, 2.24) is 0 Å². The topological polar surface area (TPSA) is 20.2 Å². The summed E-state index contributed by atoms with van der Waals surface area (Å²) in [5, 5.41) is 10.1. The van der Waals surface area contributed by atoms with E-state index >= 15 is 0 Å². The highest BCUT2D eigenvalue weighted by Gasteiger charge is 2.22. The molecule has 13 heavy (non-hydrogen) atoms. The van der Waals surface area contributed by atoms with E-state index in [4.69, 9.17) is 0 Å². The van der Waals surface area contributed by atoms with Crippen LogP contribution in [0.1, 0.15) is 32.6 Å². The Balaban J connectivity index is 4.12. The van der Waals surface area contributed by atoms with Crippen molar-refractivity contribution < 1.29 is 5.11 Å². The van der Waals surface area contributed by atoms with Gasteiger partial charge >= 0.3 is 0 Å². The molecule has 0 aliphatic carbocycles. The maximum atomic E-state index is 10.1. The van der Waals surface area contributed by atoms with Gasteiger partial charge in [0.2, 0.25) is 0 Å². The maximum Gasteiger partial charge on any atom is 0.0719 e. The summed E-state index contributed by atoms with van der Waals surface area (Å²) < 4.78 is 0. The molecule has 0 saturated heterocycles. The lowest BCUT2D eigenvalue weighted by Gasteiger charge is -2.25. The molecule has 0 fully saturated rings. The Bertz CT molecular complexity index is 181. The third kappa shape index (κ3) is 5.42. The smallest absolute Gasteiger partial charge is 0.0719 e. The van der Waals surface area contributed by atoms with Crippen LogP contribution < -0.4 is 0 Å². The van der Waals surface area contributed by atoms with Crippen LogP contribution in [-0.2, 0) is 0 Å². The molecule has 0 unspecified atom stereocenters. The van der Waals surface area contributed by atoms with Crippen molar-refractivity contribution in [2.75, 3.05) is 0 Å². The van der Waals surface area contributed by atoms with Gasteiger partial charge in [0.1, 0.15) is 0 Å². The van der Waals surface area contributed by atoms with Crippen LogP contribution in [0.4, 0.5) is 0 Å². The Labute approximate surface area is 81.5 Å². The summed E-state index contributed by atoms with van der Waals surface area (Å²) in [7, 11) is 0. The molecule has 1 nitrogen and oxygen atoms in total. The summed E-state index contributed by atoms with van der Waals surface area (Å²) in [6.45, 7) is 13.1. The minimum absolute atomic E-state index is 0.617. The number of aliphatic hydroxyl groups is 1. The average molecular weight is 180 g/mol. The van der Waals surface area contributed by atoms with Crippen molar-refractivity contribution in [3.8, 4) is 0 Å². The quantitative estimate of drug-likeness (QED) is 0.596. The molecule has 0 spiro atoms. The first-order valence-corrected chi connectivity index (χ1v) is 4.62. The minimum atomic E-state index is -0.664. The zero-order valence-corrected chi connectivity index (χ0v) is 8.55. The lowest BCUT2D eigenvalue weighted by molar-refractivity contribution is 0.0378. The molecule has 0 aliphatic rings. The molecule has 0 amide bonds. The van der Waals surface area contributed by atoms with E-state index in [1.165, 1.54) is 0 Å². The first-order chi connectivity index (χ1) is 6.04. The van der Waals surface area contributed by atoms with Gasteiger partial charge in [-0.05, 0) is 32.6 Å². The molecule has 0 bridgehead atoms. The predicted octanol–water partition coefficient (Wildman–Crippen LogP) is 3.23. The second-order valence-corrected chi connectivity index (χ2v) is 3.67. The fourth-order valence-corrected chi connectivity index (χ4v) is 1.27. The third-order valence-electron chi connectivity index (χ3n) is 2.07. The van der Waals surface area contributed by atoms with E-state index in [0.29, 0.717) is 12.8 Å². The zero-order valence-electron chi connectivity index (χ0n) is 8.55. The Morgan fingerprint density at radius 1 is 1.31 bits per heavy atom. The van der Waals surface area contributed by atoms with Crippen LogP contribution in [0, 0.1) is 0 Å². The van der Waals surface area contributed by atoms with Crippen molar-refractivity contribution in [2.45, 2.75) is 38.2 Å². The summed E-state index contributed by atoms with van der Waals surface area (Å²) in [6, 6.07) is 0. The van der Waals surface area contributed by atoms with E-state index in [0.717, 1.165) is 18.4 Å². The standard InChI is InChI=1S/C12H20O/c1-5-8-12(13,9-6-2)10-7-11(3)4/h5-6,13H,1-3,7-10H2,4H3. The summed E-state index contributed by atoms with van der Waals surface area (Å²) in [5.41, 5.74) is 0.439. The summed E-state index contributed by atoms with van der Waals surface area (Å²) >= 11 is 0. The molecule has 0 heterocycles.